The molecule has 2 aliphatic rings. The molecule has 0 aromatic heterocycles. The summed E-state index contributed by atoms with van der Waals surface area (Å²) in [5.74, 6) is 0.449. The minimum absolute atomic E-state index is 0.381. The molecule has 0 spiro atoms. The second-order valence-corrected chi connectivity index (χ2v) is 7.81. The maximum atomic E-state index is 11.0. The number of hydrogen-bond acceptors (Lipinski definition) is 2. The highest BCUT2D eigenvalue weighted by Crippen LogP contribution is 2.39. The molecule has 3 nitrogen and oxygen atoms in total. The van der Waals surface area contributed by atoms with Gasteiger partial charge in [0.1, 0.15) is 0 Å². The van der Waals surface area contributed by atoms with Gasteiger partial charge in [-0.3, -0.25) is 0 Å². The van der Waals surface area contributed by atoms with Crippen LogP contribution in [0.4, 0.5) is 0 Å². The molecule has 1 saturated heterocycles. The van der Waals surface area contributed by atoms with Gasteiger partial charge in [0.25, 0.3) is 0 Å². The van der Waals surface area contributed by atoms with E-state index < -0.39 is 5.97 Å². The van der Waals surface area contributed by atoms with Gasteiger partial charge in [-0.05, 0) is 80.3 Å². The molecule has 4 rings (SSSR count). The van der Waals surface area contributed by atoms with Crippen molar-refractivity contribution in [1.82, 2.24) is 4.90 Å². The van der Waals surface area contributed by atoms with Gasteiger partial charge in [-0.15, -0.1) is 0 Å². The molecule has 0 radical (unpaired) electrons. The number of rotatable bonds is 4. The Balaban J connectivity index is 1.32. The summed E-state index contributed by atoms with van der Waals surface area (Å²) in [5.41, 5.74) is 3.18. The van der Waals surface area contributed by atoms with Crippen molar-refractivity contribution in [3.8, 4) is 0 Å². The molecular weight excluding hydrogens is 322 g/mol. The highest BCUT2D eigenvalue weighted by Gasteiger charge is 2.32. The fraction of sp³-hybridized carbons (Fsp3) is 0.435. The highest BCUT2D eigenvalue weighted by molar-refractivity contribution is 5.87. The molecule has 2 aromatic rings. The molecule has 2 aromatic carbocycles. The minimum Gasteiger partial charge on any atom is -0.478 e. The zero-order valence-corrected chi connectivity index (χ0v) is 15.2. The van der Waals surface area contributed by atoms with Crippen molar-refractivity contribution in [3.05, 3.63) is 71.3 Å². The molecule has 26 heavy (non-hydrogen) atoms. The molecule has 1 heterocycles. The van der Waals surface area contributed by atoms with Crippen molar-refractivity contribution in [3.63, 3.8) is 0 Å². The maximum Gasteiger partial charge on any atom is 0.335 e. The van der Waals surface area contributed by atoms with E-state index >= 15 is 0 Å². The highest BCUT2D eigenvalue weighted by atomic mass is 16.4. The summed E-state index contributed by atoms with van der Waals surface area (Å²) < 4.78 is 0. The lowest BCUT2D eigenvalue weighted by atomic mass is 9.88. The molecule has 2 unspecified atom stereocenters. The molecule has 0 bridgehead atoms. The van der Waals surface area contributed by atoms with Crippen molar-refractivity contribution >= 4 is 5.97 Å². The molecule has 2 atom stereocenters. The third-order valence-corrected chi connectivity index (χ3v) is 6.35. The number of aromatic carboxylic acids is 1. The van der Waals surface area contributed by atoms with Crippen LogP contribution in [0.1, 0.15) is 65.4 Å². The van der Waals surface area contributed by atoms with Crippen LogP contribution in [-0.2, 0) is 0 Å². The van der Waals surface area contributed by atoms with Gasteiger partial charge in [-0.2, -0.15) is 0 Å². The lowest BCUT2D eigenvalue weighted by Crippen LogP contribution is -2.39. The minimum atomic E-state index is -0.845. The number of hydrogen-bond donors (Lipinski definition) is 1. The summed E-state index contributed by atoms with van der Waals surface area (Å²) in [6.45, 7) is 2.41. The fourth-order valence-electron chi connectivity index (χ4n) is 4.81. The van der Waals surface area contributed by atoms with Crippen molar-refractivity contribution in [2.45, 2.75) is 50.0 Å². The molecule has 3 heteroatoms. The quantitative estimate of drug-likeness (QED) is 0.853. The normalized spacial score (nSPS) is 24.6. The Bertz CT molecular complexity index is 733. The van der Waals surface area contributed by atoms with E-state index in [1.807, 2.05) is 12.1 Å². The van der Waals surface area contributed by atoms with Crippen LogP contribution >= 0.6 is 0 Å². The van der Waals surface area contributed by atoms with E-state index in [0.29, 0.717) is 23.4 Å². The average molecular weight is 349 g/mol. The third kappa shape index (κ3) is 3.68. The summed E-state index contributed by atoms with van der Waals surface area (Å²) in [6, 6.07) is 19.1. The van der Waals surface area contributed by atoms with Gasteiger partial charge in [0, 0.05) is 6.04 Å². The first-order valence-electron chi connectivity index (χ1n) is 9.83. The largest absolute Gasteiger partial charge is 0.478 e. The van der Waals surface area contributed by atoms with Gasteiger partial charge in [-0.1, -0.05) is 42.5 Å². The van der Waals surface area contributed by atoms with E-state index in [1.165, 1.54) is 56.3 Å². The second kappa shape index (κ2) is 7.63. The lowest BCUT2D eigenvalue weighted by molar-refractivity contribution is 0.0697. The number of carboxylic acids is 1. The van der Waals surface area contributed by atoms with Crippen molar-refractivity contribution in [1.29, 1.82) is 0 Å². The van der Waals surface area contributed by atoms with E-state index in [4.69, 9.17) is 5.11 Å². The summed E-state index contributed by atoms with van der Waals surface area (Å²) in [7, 11) is 0. The van der Waals surface area contributed by atoms with Gasteiger partial charge in [0.15, 0.2) is 0 Å². The first kappa shape index (κ1) is 17.3. The van der Waals surface area contributed by atoms with Gasteiger partial charge >= 0.3 is 5.97 Å². The van der Waals surface area contributed by atoms with Crippen molar-refractivity contribution < 1.29 is 9.90 Å². The number of piperidine rings is 1. The monoisotopic (exact) mass is 349 g/mol. The molecule has 1 N–H and O–H groups in total. The van der Waals surface area contributed by atoms with E-state index in [2.05, 4.69) is 35.2 Å². The number of carbonyl (C=O) groups is 1. The van der Waals surface area contributed by atoms with Crippen LogP contribution in [0.3, 0.4) is 0 Å². The topological polar surface area (TPSA) is 40.5 Å². The van der Waals surface area contributed by atoms with Crippen LogP contribution in [0.15, 0.2) is 54.6 Å². The van der Waals surface area contributed by atoms with Crippen molar-refractivity contribution in [2.24, 2.45) is 0 Å². The number of nitrogens with zero attached hydrogens (tertiary/aromatic N) is 1. The van der Waals surface area contributed by atoms with E-state index in [9.17, 15) is 4.79 Å². The first-order chi connectivity index (χ1) is 12.7. The molecule has 1 aliphatic heterocycles. The predicted octanol–water partition coefficient (Wildman–Crippen LogP) is 4.90. The van der Waals surface area contributed by atoms with E-state index in [0.717, 1.165) is 0 Å². The Morgan fingerprint density at radius 2 is 1.46 bits per heavy atom. The van der Waals surface area contributed by atoms with Crippen molar-refractivity contribution in [2.75, 3.05) is 13.1 Å². The third-order valence-electron chi connectivity index (χ3n) is 6.35. The molecule has 136 valence electrons. The van der Waals surface area contributed by atoms with Crippen LogP contribution in [0.5, 0.6) is 0 Å². The summed E-state index contributed by atoms with van der Waals surface area (Å²) in [6.07, 6.45) is 6.22. The standard InChI is InChI=1S/C23H27NO2/c25-23(26)20-8-6-18(7-9-20)21-10-11-22(16-21)24-14-12-19(13-15-24)17-4-2-1-3-5-17/h1-9,19,21-22H,10-16H2,(H,25,26). The fourth-order valence-corrected chi connectivity index (χ4v) is 4.81. The summed E-state index contributed by atoms with van der Waals surface area (Å²) in [4.78, 5) is 13.7. The van der Waals surface area contributed by atoms with Gasteiger partial charge in [-0.25, -0.2) is 4.79 Å². The van der Waals surface area contributed by atoms with E-state index in [1.54, 1.807) is 12.1 Å². The SMILES string of the molecule is O=C(O)c1ccc(C2CCC(N3CCC(c4ccccc4)CC3)C2)cc1. The smallest absolute Gasteiger partial charge is 0.335 e. The molecule has 1 aliphatic carbocycles. The average Bonchev–Trinajstić information content (AvgIpc) is 3.19. The Labute approximate surface area is 155 Å². The van der Waals surface area contributed by atoms with Gasteiger partial charge < -0.3 is 10.0 Å². The molecule has 1 saturated carbocycles. The lowest BCUT2D eigenvalue weighted by Gasteiger charge is -2.36. The Morgan fingerprint density at radius 3 is 2.12 bits per heavy atom. The van der Waals surface area contributed by atoms with E-state index in [-0.39, 0.29) is 0 Å². The van der Waals surface area contributed by atoms with Crippen LogP contribution in [0.25, 0.3) is 0 Å². The number of carboxylic acid groups (broad SMARTS) is 1. The van der Waals surface area contributed by atoms with Crippen LogP contribution in [-0.4, -0.2) is 35.1 Å². The Kier molecular flexibility index (Phi) is 5.07. The molecular formula is C23H27NO2. The van der Waals surface area contributed by atoms with Crippen LogP contribution in [0.2, 0.25) is 0 Å². The summed E-state index contributed by atoms with van der Waals surface area (Å²) in [5, 5.41) is 9.05. The zero-order chi connectivity index (χ0) is 17.9. The van der Waals surface area contributed by atoms with Crippen LogP contribution < -0.4 is 0 Å². The van der Waals surface area contributed by atoms with Gasteiger partial charge in [0.2, 0.25) is 0 Å². The molecule has 0 amide bonds. The summed E-state index contributed by atoms with van der Waals surface area (Å²) >= 11 is 0. The zero-order valence-electron chi connectivity index (χ0n) is 15.2. The first-order valence-corrected chi connectivity index (χ1v) is 9.83. The molecule has 2 fully saturated rings. The second-order valence-electron chi connectivity index (χ2n) is 7.81. The maximum absolute atomic E-state index is 11.0. The number of benzene rings is 2. The number of likely N-dealkylation sites (tertiary alicyclic amines) is 1. The predicted molar refractivity (Wildman–Crippen MR) is 104 cm³/mol. The van der Waals surface area contributed by atoms with Gasteiger partial charge in [0.05, 0.1) is 5.56 Å². The Hall–Kier alpha value is -2.13. The Morgan fingerprint density at radius 1 is 0.808 bits per heavy atom. The van der Waals surface area contributed by atoms with Crippen LogP contribution in [0, 0.1) is 0 Å².